The van der Waals surface area contributed by atoms with Gasteiger partial charge in [-0.05, 0) is 44.9 Å². The van der Waals surface area contributed by atoms with Gasteiger partial charge in [-0.25, -0.2) is 0 Å². The van der Waals surface area contributed by atoms with E-state index in [1.807, 2.05) is 0 Å². The van der Waals surface area contributed by atoms with Crippen LogP contribution in [0.25, 0.3) is 0 Å². The van der Waals surface area contributed by atoms with Crippen LogP contribution in [0.5, 0.6) is 0 Å². The van der Waals surface area contributed by atoms with Crippen LogP contribution in [0.15, 0.2) is 0 Å². The minimum absolute atomic E-state index is 0.0352. The first-order valence-corrected chi connectivity index (χ1v) is 7.66. The molecule has 0 spiro atoms. The molecular weight excluding hydrogens is 224 g/mol. The predicted molar refractivity (Wildman–Crippen MR) is 74.4 cm³/mol. The maximum Gasteiger partial charge on any atom is 0.237 e. The standard InChI is InChI=1S/C15H28N2O/c1-4-15(3,5-2)17-14(18)13-10-11-8-6-7-9-12(11)16-13/h11-13,16H,4-10H2,1-3H3,(H,17,18). The van der Waals surface area contributed by atoms with Gasteiger partial charge in [0.1, 0.15) is 0 Å². The number of hydrogen-bond acceptors (Lipinski definition) is 2. The molecular formula is C15H28N2O. The molecule has 0 aromatic rings. The van der Waals surface area contributed by atoms with Crippen molar-refractivity contribution in [2.24, 2.45) is 5.92 Å². The number of fused-ring (bicyclic) bond motifs is 1. The molecule has 3 atom stereocenters. The third kappa shape index (κ3) is 2.87. The molecule has 1 saturated heterocycles. The summed E-state index contributed by atoms with van der Waals surface area (Å²) in [6.07, 6.45) is 8.26. The minimum Gasteiger partial charge on any atom is -0.350 e. The molecule has 2 N–H and O–H groups in total. The van der Waals surface area contributed by atoms with Gasteiger partial charge in [-0.1, -0.05) is 26.7 Å². The van der Waals surface area contributed by atoms with Gasteiger partial charge in [-0.3, -0.25) is 4.79 Å². The maximum absolute atomic E-state index is 12.3. The Bertz CT molecular complexity index is 285. The first-order chi connectivity index (χ1) is 8.58. The number of hydrogen-bond donors (Lipinski definition) is 2. The van der Waals surface area contributed by atoms with Gasteiger partial charge in [0.15, 0.2) is 0 Å². The van der Waals surface area contributed by atoms with Gasteiger partial charge in [-0.2, -0.15) is 0 Å². The molecule has 2 aliphatic rings. The van der Waals surface area contributed by atoms with Crippen LogP contribution in [0.1, 0.15) is 65.7 Å². The molecule has 0 aromatic heterocycles. The molecule has 1 heterocycles. The van der Waals surface area contributed by atoms with E-state index >= 15 is 0 Å². The molecule has 104 valence electrons. The number of carbonyl (C=O) groups excluding carboxylic acids is 1. The van der Waals surface area contributed by atoms with E-state index in [1.165, 1.54) is 25.7 Å². The molecule has 1 saturated carbocycles. The van der Waals surface area contributed by atoms with Crippen molar-refractivity contribution < 1.29 is 4.79 Å². The minimum atomic E-state index is -0.0352. The Labute approximate surface area is 111 Å². The Hall–Kier alpha value is -0.570. The number of amides is 1. The van der Waals surface area contributed by atoms with Crippen LogP contribution in [0.3, 0.4) is 0 Å². The summed E-state index contributed by atoms with van der Waals surface area (Å²) in [7, 11) is 0. The second kappa shape index (κ2) is 5.60. The molecule has 1 aliphatic heterocycles. The lowest BCUT2D eigenvalue weighted by Gasteiger charge is -2.30. The van der Waals surface area contributed by atoms with Crippen molar-refractivity contribution in [2.45, 2.75) is 83.3 Å². The molecule has 0 radical (unpaired) electrons. The second-order valence-corrected chi connectivity index (χ2v) is 6.36. The van der Waals surface area contributed by atoms with Crippen molar-refractivity contribution in [2.75, 3.05) is 0 Å². The maximum atomic E-state index is 12.3. The Kier molecular flexibility index (Phi) is 4.31. The van der Waals surface area contributed by atoms with Gasteiger partial charge < -0.3 is 10.6 Å². The van der Waals surface area contributed by atoms with E-state index in [0.717, 1.165) is 25.2 Å². The third-order valence-electron chi connectivity index (χ3n) is 5.16. The van der Waals surface area contributed by atoms with Gasteiger partial charge in [0.05, 0.1) is 6.04 Å². The quantitative estimate of drug-likeness (QED) is 0.807. The van der Waals surface area contributed by atoms with Crippen LogP contribution in [-0.4, -0.2) is 23.5 Å². The number of carbonyl (C=O) groups is 1. The molecule has 0 aromatic carbocycles. The monoisotopic (exact) mass is 252 g/mol. The molecule has 2 rings (SSSR count). The average Bonchev–Trinajstić information content (AvgIpc) is 2.82. The Morgan fingerprint density at radius 1 is 1.28 bits per heavy atom. The van der Waals surface area contributed by atoms with Crippen LogP contribution in [0.4, 0.5) is 0 Å². The lowest BCUT2D eigenvalue weighted by Crippen LogP contribution is -2.52. The lowest BCUT2D eigenvalue weighted by atomic mass is 9.85. The number of nitrogens with one attached hydrogen (secondary N) is 2. The van der Waals surface area contributed by atoms with Gasteiger partial charge in [-0.15, -0.1) is 0 Å². The average molecular weight is 252 g/mol. The highest BCUT2D eigenvalue weighted by atomic mass is 16.2. The van der Waals surface area contributed by atoms with Gasteiger partial charge in [0.25, 0.3) is 0 Å². The zero-order valence-electron chi connectivity index (χ0n) is 12.1. The van der Waals surface area contributed by atoms with Crippen LogP contribution in [0.2, 0.25) is 0 Å². The third-order valence-corrected chi connectivity index (χ3v) is 5.16. The van der Waals surface area contributed by atoms with Crippen molar-refractivity contribution in [1.82, 2.24) is 10.6 Å². The summed E-state index contributed by atoms with van der Waals surface area (Å²) in [5, 5.41) is 6.79. The largest absolute Gasteiger partial charge is 0.350 e. The fourth-order valence-electron chi connectivity index (χ4n) is 3.33. The van der Waals surface area contributed by atoms with Crippen molar-refractivity contribution >= 4 is 5.91 Å². The molecule has 3 heteroatoms. The highest BCUT2D eigenvalue weighted by Gasteiger charge is 2.39. The van der Waals surface area contributed by atoms with E-state index in [0.29, 0.717) is 6.04 Å². The van der Waals surface area contributed by atoms with Crippen molar-refractivity contribution in [3.8, 4) is 0 Å². The molecule has 18 heavy (non-hydrogen) atoms. The molecule has 3 nitrogen and oxygen atoms in total. The molecule has 2 fully saturated rings. The van der Waals surface area contributed by atoms with Gasteiger partial charge in [0.2, 0.25) is 5.91 Å². The van der Waals surface area contributed by atoms with Crippen molar-refractivity contribution in [1.29, 1.82) is 0 Å². The SMILES string of the molecule is CCC(C)(CC)NC(=O)C1CC2CCCCC2N1. The zero-order valence-corrected chi connectivity index (χ0v) is 12.1. The Morgan fingerprint density at radius 3 is 2.56 bits per heavy atom. The number of rotatable bonds is 4. The molecule has 1 aliphatic carbocycles. The van der Waals surface area contributed by atoms with E-state index in [2.05, 4.69) is 31.4 Å². The normalized spacial score (nSPS) is 32.1. The second-order valence-electron chi connectivity index (χ2n) is 6.36. The van der Waals surface area contributed by atoms with Crippen molar-refractivity contribution in [3.63, 3.8) is 0 Å². The van der Waals surface area contributed by atoms with Gasteiger partial charge >= 0.3 is 0 Å². The smallest absolute Gasteiger partial charge is 0.237 e. The van der Waals surface area contributed by atoms with E-state index in [4.69, 9.17) is 0 Å². The summed E-state index contributed by atoms with van der Waals surface area (Å²) in [4.78, 5) is 12.3. The summed E-state index contributed by atoms with van der Waals surface area (Å²) in [6.45, 7) is 6.43. The van der Waals surface area contributed by atoms with E-state index < -0.39 is 0 Å². The fourth-order valence-corrected chi connectivity index (χ4v) is 3.33. The summed E-state index contributed by atoms with van der Waals surface area (Å²) in [5.74, 6) is 0.958. The van der Waals surface area contributed by atoms with Gasteiger partial charge in [0, 0.05) is 11.6 Å². The van der Waals surface area contributed by atoms with E-state index in [9.17, 15) is 4.79 Å². The zero-order chi connectivity index (χ0) is 13.2. The summed E-state index contributed by atoms with van der Waals surface area (Å²) in [5.41, 5.74) is -0.0352. The van der Waals surface area contributed by atoms with Crippen LogP contribution >= 0.6 is 0 Å². The molecule has 3 unspecified atom stereocenters. The first kappa shape index (κ1) is 13.9. The Balaban J connectivity index is 1.90. The lowest BCUT2D eigenvalue weighted by molar-refractivity contribution is -0.124. The topological polar surface area (TPSA) is 41.1 Å². The van der Waals surface area contributed by atoms with Crippen molar-refractivity contribution in [3.05, 3.63) is 0 Å². The fraction of sp³-hybridized carbons (Fsp3) is 0.933. The molecule has 1 amide bonds. The highest BCUT2D eigenvalue weighted by Crippen LogP contribution is 2.33. The Morgan fingerprint density at radius 2 is 1.94 bits per heavy atom. The summed E-state index contributed by atoms with van der Waals surface area (Å²) in [6, 6.07) is 0.652. The summed E-state index contributed by atoms with van der Waals surface area (Å²) >= 11 is 0. The van der Waals surface area contributed by atoms with E-state index in [1.54, 1.807) is 0 Å². The van der Waals surface area contributed by atoms with Crippen LogP contribution in [-0.2, 0) is 4.79 Å². The highest BCUT2D eigenvalue weighted by molar-refractivity contribution is 5.82. The summed E-state index contributed by atoms with van der Waals surface area (Å²) < 4.78 is 0. The molecule has 0 bridgehead atoms. The van der Waals surface area contributed by atoms with E-state index in [-0.39, 0.29) is 17.5 Å². The van der Waals surface area contributed by atoms with Crippen LogP contribution < -0.4 is 10.6 Å². The predicted octanol–water partition coefficient (Wildman–Crippen LogP) is 2.60. The first-order valence-electron chi connectivity index (χ1n) is 7.66. The van der Waals surface area contributed by atoms with Crippen LogP contribution in [0, 0.1) is 5.92 Å².